The minimum absolute atomic E-state index is 0.0388. The van der Waals surface area contributed by atoms with Gasteiger partial charge in [-0.1, -0.05) is 23.7 Å². The fraction of sp³-hybridized carbons (Fsp3) is 0. The maximum atomic E-state index is 11.0. The van der Waals surface area contributed by atoms with Gasteiger partial charge in [0.1, 0.15) is 0 Å². The summed E-state index contributed by atoms with van der Waals surface area (Å²) in [6.45, 7) is 0. The molecule has 17 heavy (non-hydrogen) atoms. The van der Waals surface area contributed by atoms with E-state index in [1.54, 1.807) is 24.3 Å². The number of nitrogens with zero attached hydrogens (tertiary/aromatic N) is 2. The molecule has 2 aromatic rings. The maximum Gasteiger partial charge on any atom is 0.286 e. The van der Waals surface area contributed by atoms with Gasteiger partial charge in [0, 0.05) is 16.7 Å². The molecule has 0 aliphatic carbocycles. The van der Waals surface area contributed by atoms with Crippen molar-refractivity contribution in [3.63, 3.8) is 0 Å². The van der Waals surface area contributed by atoms with E-state index in [9.17, 15) is 4.79 Å². The van der Waals surface area contributed by atoms with Gasteiger partial charge in [-0.2, -0.15) is 0 Å². The molecule has 4 nitrogen and oxygen atoms in total. The van der Waals surface area contributed by atoms with Gasteiger partial charge in [0.05, 0.1) is 10.7 Å². The summed E-state index contributed by atoms with van der Waals surface area (Å²) < 4.78 is 0. The number of carbonyl (C=O) groups is 1. The van der Waals surface area contributed by atoms with E-state index in [-0.39, 0.29) is 5.82 Å². The SMILES string of the molecule is NC(=O)c1nccc(-c2cccc(S)c2Cl)n1. The van der Waals surface area contributed by atoms with E-state index >= 15 is 0 Å². The van der Waals surface area contributed by atoms with Gasteiger partial charge in [-0.25, -0.2) is 9.97 Å². The van der Waals surface area contributed by atoms with Crippen LogP contribution in [-0.4, -0.2) is 15.9 Å². The Balaban J connectivity index is 2.57. The van der Waals surface area contributed by atoms with E-state index in [0.29, 0.717) is 21.2 Å². The molecular formula is C11H8ClN3OS. The van der Waals surface area contributed by atoms with Gasteiger partial charge in [-0.15, -0.1) is 12.6 Å². The second kappa shape index (κ2) is 4.73. The number of rotatable bonds is 2. The van der Waals surface area contributed by atoms with E-state index in [1.807, 2.05) is 0 Å². The topological polar surface area (TPSA) is 68.9 Å². The molecule has 2 N–H and O–H groups in total. The van der Waals surface area contributed by atoms with Crippen molar-refractivity contribution in [1.82, 2.24) is 9.97 Å². The lowest BCUT2D eigenvalue weighted by Gasteiger charge is -2.05. The fourth-order valence-electron chi connectivity index (χ4n) is 1.35. The first kappa shape index (κ1) is 11.9. The molecule has 1 aromatic carbocycles. The molecule has 1 heterocycles. The second-order valence-corrected chi connectivity index (χ2v) is 4.13. The van der Waals surface area contributed by atoms with Crippen LogP contribution in [0.25, 0.3) is 11.3 Å². The predicted molar refractivity (Wildman–Crippen MR) is 68.2 cm³/mol. The van der Waals surface area contributed by atoms with Gasteiger partial charge in [0.25, 0.3) is 5.91 Å². The number of nitrogens with two attached hydrogens (primary N) is 1. The standard InChI is InChI=1S/C11H8ClN3OS/c12-9-6(2-1-3-8(9)17)7-4-5-14-11(15-7)10(13)16/h1-5,17H,(H2,13,16). The average molecular weight is 266 g/mol. The fourth-order valence-corrected chi connectivity index (χ4v) is 1.77. The van der Waals surface area contributed by atoms with Crippen LogP contribution in [0.1, 0.15) is 10.6 Å². The van der Waals surface area contributed by atoms with Crippen molar-refractivity contribution in [1.29, 1.82) is 0 Å². The average Bonchev–Trinajstić information content (AvgIpc) is 2.33. The van der Waals surface area contributed by atoms with Gasteiger partial charge in [-0.3, -0.25) is 4.79 Å². The first-order valence-electron chi connectivity index (χ1n) is 4.70. The molecular weight excluding hydrogens is 258 g/mol. The summed E-state index contributed by atoms with van der Waals surface area (Å²) in [7, 11) is 0. The molecule has 86 valence electrons. The molecule has 0 saturated heterocycles. The Kier molecular flexibility index (Phi) is 3.31. The van der Waals surface area contributed by atoms with E-state index in [4.69, 9.17) is 17.3 Å². The smallest absolute Gasteiger partial charge is 0.286 e. The van der Waals surface area contributed by atoms with Gasteiger partial charge < -0.3 is 5.73 Å². The number of benzene rings is 1. The number of halogens is 1. The van der Waals surface area contributed by atoms with Gasteiger partial charge in [0.15, 0.2) is 0 Å². The number of carbonyl (C=O) groups excluding carboxylic acids is 1. The molecule has 0 unspecified atom stereocenters. The highest BCUT2D eigenvalue weighted by molar-refractivity contribution is 7.80. The van der Waals surface area contributed by atoms with Crippen molar-refractivity contribution >= 4 is 30.1 Å². The Hall–Kier alpha value is -1.59. The Morgan fingerprint density at radius 2 is 2.12 bits per heavy atom. The van der Waals surface area contributed by atoms with Crippen LogP contribution < -0.4 is 5.73 Å². The van der Waals surface area contributed by atoms with Gasteiger partial charge in [-0.05, 0) is 12.1 Å². The molecule has 0 spiro atoms. The zero-order valence-corrected chi connectivity index (χ0v) is 10.2. The summed E-state index contributed by atoms with van der Waals surface area (Å²) in [6, 6.07) is 7.01. The number of primary amides is 1. The Bertz CT molecular complexity index is 589. The summed E-state index contributed by atoms with van der Waals surface area (Å²) in [5, 5.41) is 0.477. The number of thiol groups is 1. The van der Waals surface area contributed by atoms with E-state index < -0.39 is 5.91 Å². The molecule has 0 atom stereocenters. The van der Waals surface area contributed by atoms with Crippen LogP contribution in [0.4, 0.5) is 0 Å². The van der Waals surface area contributed by atoms with Crippen LogP contribution in [0.5, 0.6) is 0 Å². The Morgan fingerprint density at radius 1 is 1.35 bits per heavy atom. The minimum atomic E-state index is -0.676. The van der Waals surface area contributed by atoms with Crippen molar-refractivity contribution in [2.45, 2.75) is 4.90 Å². The minimum Gasteiger partial charge on any atom is -0.363 e. The summed E-state index contributed by atoms with van der Waals surface area (Å²) in [6.07, 6.45) is 1.46. The van der Waals surface area contributed by atoms with Gasteiger partial charge in [0.2, 0.25) is 5.82 Å². The van der Waals surface area contributed by atoms with E-state index in [0.717, 1.165) is 0 Å². The normalized spacial score (nSPS) is 10.2. The zero-order valence-electron chi connectivity index (χ0n) is 8.59. The molecule has 0 aliphatic rings. The first-order valence-corrected chi connectivity index (χ1v) is 5.53. The van der Waals surface area contributed by atoms with Crippen molar-refractivity contribution in [2.24, 2.45) is 5.73 Å². The first-order chi connectivity index (χ1) is 8.09. The third-order valence-corrected chi connectivity index (χ3v) is 3.04. The highest BCUT2D eigenvalue weighted by Crippen LogP contribution is 2.31. The largest absolute Gasteiger partial charge is 0.363 e. The molecule has 0 radical (unpaired) electrons. The Labute approximate surface area is 108 Å². The summed E-state index contributed by atoms with van der Waals surface area (Å²) >= 11 is 10.3. The number of aromatic nitrogens is 2. The summed E-state index contributed by atoms with van der Waals surface area (Å²) in [5.74, 6) is -0.715. The quantitative estimate of drug-likeness (QED) is 0.818. The third kappa shape index (κ3) is 2.40. The molecule has 2 rings (SSSR count). The molecule has 0 fully saturated rings. The van der Waals surface area contributed by atoms with Crippen molar-refractivity contribution in [3.8, 4) is 11.3 Å². The lowest BCUT2D eigenvalue weighted by atomic mass is 10.1. The highest BCUT2D eigenvalue weighted by atomic mass is 35.5. The highest BCUT2D eigenvalue weighted by Gasteiger charge is 2.10. The molecule has 1 amide bonds. The molecule has 1 aromatic heterocycles. The van der Waals surface area contributed by atoms with Crippen LogP contribution in [0.15, 0.2) is 35.4 Å². The van der Waals surface area contributed by atoms with Crippen molar-refractivity contribution < 1.29 is 4.79 Å². The number of hydrogen-bond acceptors (Lipinski definition) is 4. The second-order valence-electron chi connectivity index (χ2n) is 3.27. The van der Waals surface area contributed by atoms with E-state index in [1.165, 1.54) is 6.20 Å². The van der Waals surface area contributed by atoms with Crippen LogP contribution in [0, 0.1) is 0 Å². The summed E-state index contributed by atoms with van der Waals surface area (Å²) in [5.41, 5.74) is 6.34. The number of hydrogen-bond donors (Lipinski definition) is 2. The molecule has 0 saturated carbocycles. The molecule has 0 bridgehead atoms. The lowest BCUT2D eigenvalue weighted by molar-refractivity contribution is 0.0990. The lowest BCUT2D eigenvalue weighted by Crippen LogP contribution is -2.15. The van der Waals surface area contributed by atoms with Crippen LogP contribution >= 0.6 is 24.2 Å². The van der Waals surface area contributed by atoms with E-state index in [2.05, 4.69) is 22.6 Å². The van der Waals surface area contributed by atoms with Crippen LogP contribution in [0.2, 0.25) is 5.02 Å². The van der Waals surface area contributed by atoms with Crippen LogP contribution in [-0.2, 0) is 0 Å². The van der Waals surface area contributed by atoms with Crippen molar-refractivity contribution in [3.05, 3.63) is 41.3 Å². The Morgan fingerprint density at radius 3 is 2.82 bits per heavy atom. The summed E-state index contributed by atoms with van der Waals surface area (Å²) in [4.78, 5) is 19.4. The zero-order chi connectivity index (χ0) is 12.4. The van der Waals surface area contributed by atoms with Crippen LogP contribution in [0.3, 0.4) is 0 Å². The third-order valence-electron chi connectivity index (χ3n) is 2.13. The molecule has 0 aliphatic heterocycles. The van der Waals surface area contributed by atoms with Gasteiger partial charge >= 0.3 is 0 Å². The monoisotopic (exact) mass is 265 g/mol. The maximum absolute atomic E-state index is 11.0. The predicted octanol–water partition coefficient (Wildman–Crippen LogP) is 2.18. The van der Waals surface area contributed by atoms with Crippen molar-refractivity contribution in [2.75, 3.05) is 0 Å². The number of amides is 1. The molecule has 6 heteroatoms.